The number of aromatic nitrogens is 3. The summed E-state index contributed by atoms with van der Waals surface area (Å²) in [4.78, 5) is 9.68. The molecule has 0 bridgehead atoms. The fourth-order valence-corrected chi connectivity index (χ4v) is 3.82. The van der Waals surface area contributed by atoms with Crippen molar-refractivity contribution in [2.75, 3.05) is 0 Å². The number of imidazole rings is 1. The van der Waals surface area contributed by atoms with Gasteiger partial charge in [-0.25, -0.2) is 9.97 Å². The Morgan fingerprint density at radius 2 is 1.59 bits per heavy atom. The molecule has 2 aromatic heterocycles. The first-order valence-corrected chi connectivity index (χ1v) is 9.91. The van der Waals surface area contributed by atoms with E-state index in [2.05, 4.69) is 22.6 Å². The Hall–Kier alpha value is -3.14. The molecule has 0 saturated heterocycles. The lowest BCUT2D eigenvalue weighted by Crippen LogP contribution is -1.95. The predicted molar refractivity (Wildman–Crippen MR) is 121 cm³/mol. The van der Waals surface area contributed by atoms with Gasteiger partial charge >= 0.3 is 0 Å². The van der Waals surface area contributed by atoms with Crippen molar-refractivity contribution in [3.05, 3.63) is 100 Å². The summed E-state index contributed by atoms with van der Waals surface area (Å²) in [5.41, 5.74) is 6.34. The second kappa shape index (κ2) is 7.36. The van der Waals surface area contributed by atoms with E-state index >= 15 is 0 Å². The van der Waals surface area contributed by atoms with E-state index in [1.807, 2.05) is 66.9 Å². The molecule has 5 heteroatoms. The van der Waals surface area contributed by atoms with E-state index in [0.29, 0.717) is 10.0 Å². The van der Waals surface area contributed by atoms with Crippen LogP contribution in [0.1, 0.15) is 11.3 Å². The third-order valence-electron chi connectivity index (χ3n) is 4.77. The fraction of sp³-hybridized carbons (Fsp3) is 0. The van der Waals surface area contributed by atoms with Gasteiger partial charge in [0.15, 0.2) is 5.65 Å². The summed E-state index contributed by atoms with van der Waals surface area (Å²) in [5, 5.41) is 1.20. The van der Waals surface area contributed by atoms with E-state index < -0.39 is 0 Å². The van der Waals surface area contributed by atoms with Crippen LogP contribution in [0.4, 0.5) is 0 Å². The van der Waals surface area contributed by atoms with Gasteiger partial charge in [-0.3, -0.25) is 4.40 Å². The van der Waals surface area contributed by atoms with Crippen molar-refractivity contribution >= 4 is 52.0 Å². The molecule has 5 rings (SSSR count). The summed E-state index contributed by atoms with van der Waals surface area (Å²) >= 11 is 12.3. The third kappa shape index (κ3) is 3.39. The van der Waals surface area contributed by atoms with Crippen LogP contribution in [0.25, 0.3) is 40.1 Å². The van der Waals surface area contributed by atoms with E-state index in [0.717, 1.165) is 39.2 Å². The topological polar surface area (TPSA) is 30.2 Å². The van der Waals surface area contributed by atoms with Crippen molar-refractivity contribution in [1.82, 2.24) is 14.4 Å². The van der Waals surface area contributed by atoms with Crippen LogP contribution in [-0.2, 0) is 0 Å². The molecule has 0 aliphatic heterocycles. The molecule has 0 radical (unpaired) electrons. The molecule has 0 N–H and O–H groups in total. The molecule has 0 aliphatic rings. The number of fused-ring (bicyclic) bond motifs is 3. The lowest BCUT2D eigenvalue weighted by Gasteiger charge is -2.06. The molecular weight excluding hydrogens is 401 g/mol. The summed E-state index contributed by atoms with van der Waals surface area (Å²) in [5.74, 6) is 0. The van der Waals surface area contributed by atoms with Crippen molar-refractivity contribution < 1.29 is 0 Å². The SMILES string of the molecule is Clc1ccc(C=Cc2nc(-c3ccccc3)cn3c2nc2ccccc23)c(Cl)c1. The van der Waals surface area contributed by atoms with Crippen LogP contribution < -0.4 is 0 Å². The summed E-state index contributed by atoms with van der Waals surface area (Å²) < 4.78 is 2.09. The second-order valence-corrected chi connectivity index (χ2v) is 7.51. The average Bonchev–Trinajstić information content (AvgIpc) is 3.12. The Morgan fingerprint density at radius 3 is 2.41 bits per heavy atom. The maximum atomic E-state index is 6.33. The molecule has 0 aliphatic carbocycles. The molecule has 0 unspecified atom stereocenters. The van der Waals surface area contributed by atoms with E-state index in [1.165, 1.54) is 0 Å². The molecule has 3 aromatic carbocycles. The summed E-state index contributed by atoms with van der Waals surface area (Å²) in [6, 6.07) is 23.6. The van der Waals surface area contributed by atoms with Gasteiger partial charge in [0.05, 0.1) is 16.7 Å². The Balaban J connectivity index is 1.73. The van der Waals surface area contributed by atoms with Crippen LogP contribution >= 0.6 is 23.2 Å². The monoisotopic (exact) mass is 415 g/mol. The molecule has 0 amide bonds. The lowest BCUT2D eigenvalue weighted by molar-refractivity contribution is 1.14. The van der Waals surface area contributed by atoms with Crippen molar-refractivity contribution in [3.63, 3.8) is 0 Å². The van der Waals surface area contributed by atoms with Crippen LogP contribution in [0.2, 0.25) is 10.0 Å². The van der Waals surface area contributed by atoms with E-state index in [9.17, 15) is 0 Å². The quantitative estimate of drug-likeness (QED) is 0.316. The molecule has 2 heterocycles. The Bertz CT molecular complexity index is 1370. The zero-order valence-electron chi connectivity index (χ0n) is 15.3. The highest BCUT2D eigenvalue weighted by Gasteiger charge is 2.11. The minimum atomic E-state index is 0.595. The van der Waals surface area contributed by atoms with E-state index in [4.69, 9.17) is 33.2 Å². The third-order valence-corrected chi connectivity index (χ3v) is 5.33. The highest BCUT2D eigenvalue weighted by molar-refractivity contribution is 6.35. The van der Waals surface area contributed by atoms with E-state index in [1.54, 1.807) is 6.07 Å². The van der Waals surface area contributed by atoms with Crippen LogP contribution in [0.3, 0.4) is 0 Å². The van der Waals surface area contributed by atoms with Gasteiger partial charge in [-0.15, -0.1) is 0 Å². The zero-order chi connectivity index (χ0) is 19.8. The normalized spacial score (nSPS) is 11.7. The number of hydrogen-bond acceptors (Lipinski definition) is 2. The second-order valence-electron chi connectivity index (χ2n) is 6.67. The summed E-state index contributed by atoms with van der Waals surface area (Å²) in [6.45, 7) is 0. The Morgan fingerprint density at radius 1 is 0.793 bits per heavy atom. The zero-order valence-corrected chi connectivity index (χ0v) is 16.8. The molecular formula is C24H15Cl2N3. The van der Waals surface area contributed by atoms with Gasteiger partial charge in [0.1, 0.15) is 5.69 Å². The van der Waals surface area contributed by atoms with Crippen LogP contribution in [0, 0.1) is 0 Å². The van der Waals surface area contributed by atoms with Gasteiger partial charge in [0.2, 0.25) is 0 Å². The first kappa shape index (κ1) is 17.9. The highest BCUT2D eigenvalue weighted by Crippen LogP contribution is 2.26. The smallest absolute Gasteiger partial charge is 0.164 e. The average molecular weight is 416 g/mol. The largest absolute Gasteiger partial charge is 0.296 e. The maximum Gasteiger partial charge on any atom is 0.164 e. The molecule has 5 aromatic rings. The van der Waals surface area contributed by atoms with Crippen LogP contribution in [0.5, 0.6) is 0 Å². The predicted octanol–water partition coefficient (Wildman–Crippen LogP) is 7.03. The van der Waals surface area contributed by atoms with Crippen molar-refractivity contribution in [2.24, 2.45) is 0 Å². The molecule has 0 atom stereocenters. The molecule has 3 nitrogen and oxygen atoms in total. The number of hydrogen-bond donors (Lipinski definition) is 0. The van der Waals surface area contributed by atoms with Gasteiger partial charge in [-0.2, -0.15) is 0 Å². The minimum Gasteiger partial charge on any atom is -0.296 e. The standard InChI is InChI=1S/C24H15Cl2N3/c25-18-12-10-16(19(26)14-18)11-13-21-24-28-20-8-4-5-9-23(20)29(24)15-22(27-21)17-6-2-1-3-7-17/h1-15H. The highest BCUT2D eigenvalue weighted by atomic mass is 35.5. The van der Waals surface area contributed by atoms with Crippen LogP contribution in [-0.4, -0.2) is 14.4 Å². The number of benzene rings is 3. The van der Waals surface area contributed by atoms with Crippen molar-refractivity contribution in [3.8, 4) is 11.3 Å². The Kier molecular flexibility index (Phi) is 4.55. The maximum absolute atomic E-state index is 6.33. The van der Waals surface area contributed by atoms with Crippen molar-refractivity contribution in [1.29, 1.82) is 0 Å². The lowest BCUT2D eigenvalue weighted by atomic mass is 10.1. The van der Waals surface area contributed by atoms with Gasteiger partial charge in [0, 0.05) is 21.8 Å². The fourth-order valence-electron chi connectivity index (χ4n) is 3.35. The van der Waals surface area contributed by atoms with Gasteiger partial charge < -0.3 is 0 Å². The number of para-hydroxylation sites is 2. The first-order valence-electron chi connectivity index (χ1n) is 9.15. The Labute approximate surface area is 177 Å². The van der Waals surface area contributed by atoms with Crippen molar-refractivity contribution in [2.45, 2.75) is 0 Å². The first-order chi connectivity index (χ1) is 14.2. The molecule has 29 heavy (non-hydrogen) atoms. The molecule has 140 valence electrons. The molecule has 0 saturated carbocycles. The minimum absolute atomic E-state index is 0.595. The van der Waals surface area contributed by atoms with Gasteiger partial charge in [0.25, 0.3) is 0 Å². The van der Waals surface area contributed by atoms with E-state index in [-0.39, 0.29) is 0 Å². The number of rotatable bonds is 3. The van der Waals surface area contributed by atoms with Gasteiger partial charge in [-0.05, 0) is 35.9 Å². The number of nitrogens with zero attached hydrogens (tertiary/aromatic N) is 3. The molecule has 0 spiro atoms. The molecule has 0 fully saturated rings. The van der Waals surface area contributed by atoms with Gasteiger partial charge in [-0.1, -0.05) is 77.8 Å². The summed E-state index contributed by atoms with van der Waals surface area (Å²) in [6.07, 6.45) is 5.92. The van der Waals surface area contributed by atoms with Crippen LogP contribution in [0.15, 0.2) is 79.0 Å². The summed E-state index contributed by atoms with van der Waals surface area (Å²) in [7, 11) is 0. The number of halogens is 2.